The van der Waals surface area contributed by atoms with Gasteiger partial charge in [-0.05, 0) is 11.1 Å². The first kappa shape index (κ1) is 16.1. The molecule has 1 saturated heterocycles. The molecule has 4 nitrogen and oxygen atoms in total. The standard InChI is InChI=1S/C19H25N3O/c20-19-17(21-11-15-7-3-1-4-8-15)13-23-14-18(19)22-12-16-9-5-2-6-10-16/h1-10,17-19,21-22H,11-14,20H2/t17-,18+,19?. The second kappa shape index (κ2) is 8.22. The monoisotopic (exact) mass is 311 g/mol. The topological polar surface area (TPSA) is 59.3 Å². The van der Waals surface area contributed by atoms with Crippen LogP contribution in [-0.4, -0.2) is 31.3 Å². The van der Waals surface area contributed by atoms with E-state index in [9.17, 15) is 0 Å². The largest absolute Gasteiger partial charge is 0.378 e. The first-order chi connectivity index (χ1) is 11.3. The van der Waals surface area contributed by atoms with Gasteiger partial charge < -0.3 is 21.1 Å². The van der Waals surface area contributed by atoms with Crippen molar-refractivity contribution in [2.45, 2.75) is 31.2 Å². The van der Waals surface area contributed by atoms with Gasteiger partial charge in [0.2, 0.25) is 0 Å². The van der Waals surface area contributed by atoms with Crippen molar-refractivity contribution in [3.05, 3.63) is 71.8 Å². The van der Waals surface area contributed by atoms with Crippen LogP contribution < -0.4 is 16.4 Å². The average molecular weight is 311 g/mol. The Morgan fingerprint density at radius 2 is 1.22 bits per heavy atom. The lowest BCUT2D eigenvalue weighted by atomic mass is 9.98. The number of nitrogens with two attached hydrogens (primary N) is 1. The zero-order valence-corrected chi connectivity index (χ0v) is 13.3. The number of rotatable bonds is 6. The minimum atomic E-state index is 0.0381. The minimum absolute atomic E-state index is 0.0381. The van der Waals surface area contributed by atoms with Crippen molar-refractivity contribution < 1.29 is 4.74 Å². The number of benzene rings is 2. The van der Waals surface area contributed by atoms with Gasteiger partial charge in [-0.2, -0.15) is 0 Å². The first-order valence-electron chi connectivity index (χ1n) is 8.21. The van der Waals surface area contributed by atoms with Crippen LogP contribution in [0.3, 0.4) is 0 Å². The summed E-state index contributed by atoms with van der Waals surface area (Å²) in [7, 11) is 0. The number of hydrogen-bond acceptors (Lipinski definition) is 4. The zero-order valence-electron chi connectivity index (χ0n) is 13.3. The molecule has 2 aromatic carbocycles. The Bertz CT molecular complexity index is 524. The molecule has 0 bridgehead atoms. The van der Waals surface area contributed by atoms with Crippen molar-refractivity contribution in [2.24, 2.45) is 5.73 Å². The molecule has 0 radical (unpaired) electrons. The fourth-order valence-electron chi connectivity index (χ4n) is 2.90. The molecule has 4 heteroatoms. The molecule has 1 heterocycles. The second-order valence-corrected chi connectivity index (χ2v) is 6.06. The van der Waals surface area contributed by atoms with Gasteiger partial charge in [0.15, 0.2) is 0 Å². The Labute approximate surface area is 138 Å². The molecule has 122 valence electrons. The van der Waals surface area contributed by atoms with Gasteiger partial charge in [0.1, 0.15) is 0 Å². The fraction of sp³-hybridized carbons (Fsp3) is 0.368. The number of ether oxygens (including phenoxy) is 1. The van der Waals surface area contributed by atoms with Gasteiger partial charge in [-0.25, -0.2) is 0 Å². The summed E-state index contributed by atoms with van der Waals surface area (Å²) < 4.78 is 5.74. The first-order valence-corrected chi connectivity index (χ1v) is 8.21. The predicted molar refractivity (Wildman–Crippen MR) is 92.9 cm³/mol. The molecule has 0 saturated carbocycles. The predicted octanol–water partition coefficient (Wildman–Crippen LogP) is 1.66. The molecule has 2 aromatic rings. The third-order valence-electron chi connectivity index (χ3n) is 4.35. The Balaban J connectivity index is 1.50. The Morgan fingerprint density at radius 3 is 1.65 bits per heavy atom. The van der Waals surface area contributed by atoms with Gasteiger partial charge in [0.05, 0.1) is 13.2 Å². The molecule has 1 aliphatic rings. The lowest BCUT2D eigenvalue weighted by Gasteiger charge is -2.37. The molecule has 1 unspecified atom stereocenters. The summed E-state index contributed by atoms with van der Waals surface area (Å²) in [4.78, 5) is 0. The van der Waals surface area contributed by atoms with Crippen LogP contribution >= 0.6 is 0 Å². The Kier molecular flexibility index (Phi) is 5.77. The highest BCUT2D eigenvalue weighted by Gasteiger charge is 2.30. The summed E-state index contributed by atoms with van der Waals surface area (Å²) in [6, 6.07) is 21.1. The van der Waals surface area contributed by atoms with Crippen molar-refractivity contribution in [3.63, 3.8) is 0 Å². The van der Waals surface area contributed by atoms with Crippen LogP contribution in [0.1, 0.15) is 11.1 Å². The van der Waals surface area contributed by atoms with E-state index >= 15 is 0 Å². The summed E-state index contributed by atoms with van der Waals surface area (Å²) in [5, 5.41) is 7.05. The third kappa shape index (κ3) is 4.62. The van der Waals surface area contributed by atoms with Crippen LogP contribution in [0.5, 0.6) is 0 Å². The average Bonchev–Trinajstić information content (AvgIpc) is 2.61. The van der Waals surface area contributed by atoms with E-state index in [-0.39, 0.29) is 18.1 Å². The van der Waals surface area contributed by atoms with Crippen LogP contribution in [0.15, 0.2) is 60.7 Å². The maximum Gasteiger partial charge on any atom is 0.0636 e. The van der Waals surface area contributed by atoms with E-state index in [0.717, 1.165) is 13.1 Å². The summed E-state index contributed by atoms with van der Waals surface area (Å²) in [6.45, 7) is 2.96. The molecule has 3 atom stereocenters. The van der Waals surface area contributed by atoms with E-state index in [1.165, 1.54) is 11.1 Å². The third-order valence-corrected chi connectivity index (χ3v) is 4.35. The van der Waals surface area contributed by atoms with Gasteiger partial charge in [-0.3, -0.25) is 0 Å². The zero-order chi connectivity index (χ0) is 15.9. The van der Waals surface area contributed by atoms with Crippen molar-refractivity contribution >= 4 is 0 Å². The van der Waals surface area contributed by atoms with E-state index in [0.29, 0.717) is 13.2 Å². The molecule has 0 amide bonds. The smallest absolute Gasteiger partial charge is 0.0636 e. The molecular formula is C19H25N3O. The highest BCUT2D eigenvalue weighted by Crippen LogP contribution is 2.10. The maximum atomic E-state index is 6.45. The van der Waals surface area contributed by atoms with Gasteiger partial charge in [0.25, 0.3) is 0 Å². The second-order valence-electron chi connectivity index (χ2n) is 6.06. The molecule has 1 aliphatic heterocycles. The van der Waals surface area contributed by atoms with E-state index in [1.807, 2.05) is 12.1 Å². The Hall–Kier alpha value is -1.72. The van der Waals surface area contributed by atoms with Crippen LogP contribution in [-0.2, 0) is 17.8 Å². The number of nitrogens with one attached hydrogen (secondary N) is 2. The number of hydrogen-bond donors (Lipinski definition) is 3. The summed E-state index contributed by atoms with van der Waals surface area (Å²) in [5.74, 6) is 0. The van der Waals surface area contributed by atoms with Gasteiger partial charge in [-0.1, -0.05) is 60.7 Å². The van der Waals surface area contributed by atoms with Crippen molar-refractivity contribution in [1.29, 1.82) is 0 Å². The molecule has 0 spiro atoms. The van der Waals surface area contributed by atoms with E-state index in [1.54, 1.807) is 0 Å². The summed E-state index contributed by atoms with van der Waals surface area (Å²) in [5.41, 5.74) is 8.97. The molecule has 0 aromatic heterocycles. The van der Waals surface area contributed by atoms with Crippen molar-refractivity contribution in [1.82, 2.24) is 10.6 Å². The van der Waals surface area contributed by atoms with Crippen LogP contribution in [0.2, 0.25) is 0 Å². The van der Waals surface area contributed by atoms with E-state index in [4.69, 9.17) is 10.5 Å². The Morgan fingerprint density at radius 1 is 0.783 bits per heavy atom. The highest BCUT2D eigenvalue weighted by molar-refractivity contribution is 5.15. The van der Waals surface area contributed by atoms with E-state index in [2.05, 4.69) is 59.2 Å². The normalized spacial score (nSPS) is 24.5. The molecule has 3 rings (SSSR count). The molecule has 23 heavy (non-hydrogen) atoms. The maximum absolute atomic E-state index is 6.45. The lowest BCUT2D eigenvalue weighted by Crippen LogP contribution is -2.62. The SMILES string of the molecule is NC1[C@@H](NCc2ccccc2)COC[C@H]1NCc1ccccc1. The quantitative estimate of drug-likeness (QED) is 0.759. The van der Waals surface area contributed by atoms with E-state index < -0.39 is 0 Å². The molecular weight excluding hydrogens is 286 g/mol. The summed E-state index contributed by atoms with van der Waals surface area (Å²) >= 11 is 0. The summed E-state index contributed by atoms with van der Waals surface area (Å²) in [6.07, 6.45) is 0. The molecule has 1 fully saturated rings. The molecule has 0 aliphatic carbocycles. The van der Waals surface area contributed by atoms with Gasteiger partial charge >= 0.3 is 0 Å². The van der Waals surface area contributed by atoms with Crippen LogP contribution in [0.25, 0.3) is 0 Å². The van der Waals surface area contributed by atoms with Gasteiger partial charge in [0, 0.05) is 31.2 Å². The van der Waals surface area contributed by atoms with Crippen molar-refractivity contribution in [3.8, 4) is 0 Å². The fourth-order valence-corrected chi connectivity index (χ4v) is 2.90. The molecule has 4 N–H and O–H groups in total. The van der Waals surface area contributed by atoms with Crippen LogP contribution in [0, 0.1) is 0 Å². The minimum Gasteiger partial charge on any atom is -0.378 e. The van der Waals surface area contributed by atoms with Crippen LogP contribution in [0.4, 0.5) is 0 Å². The van der Waals surface area contributed by atoms with Crippen molar-refractivity contribution in [2.75, 3.05) is 13.2 Å². The highest BCUT2D eigenvalue weighted by atomic mass is 16.5. The lowest BCUT2D eigenvalue weighted by molar-refractivity contribution is 0.0321. The van der Waals surface area contributed by atoms with Gasteiger partial charge in [-0.15, -0.1) is 0 Å².